The molecule has 0 unspecified atom stereocenters. The minimum absolute atomic E-state index is 0.0150. The van der Waals surface area contributed by atoms with E-state index < -0.39 is 11.8 Å². The van der Waals surface area contributed by atoms with Gasteiger partial charge in [0.15, 0.2) is 5.82 Å². The molecular formula is C11H11FN4O2. The van der Waals surface area contributed by atoms with E-state index in [0.29, 0.717) is 5.69 Å². The van der Waals surface area contributed by atoms with Crippen LogP contribution >= 0.6 is 0 Å². The molecule has 2 rings (SSSR count). The average Bonchev–Trinajstić information content (AvgIpc) is 2.64. The summed E-state index contributed by atoms with van der Waals surface area (Å²) in [5, 5.41) is 15.7. The molecule has 0 bridgehead atoms. The first-order valence-corrected chi connectivity index (χ1v) is 5.06. The first-order valence-electron chi connectivity index (χ1n) is 5.06. The molecule has 1 aromatic heterocycles. The molecule has 0 aliphatic carbocycles. The van der Waals surface area contributed by atoms with E-state index in [-0.39, 0.29) is 17.1 Å². The summed E-state index contributed by atoms with van der Waals surface area (Å²) < 4.78 is 14.2. The van der Waals surface area contributed by atoms with Crippen LogP contribution in [0.4, 0.5) is 21.6 Å². The number of hydrogen-bond acceptors (Lipinski definition) is 4. The summed E-state index contributed by atoms with van der Waals surface area (Å²) in [6.07, 6.45) is 1.37. The van der Waals surface area contributed by atoms with Gasteiger partial charge in [0.25, 0.3) is 0 Å². The van der Waals surface area contributed by atoms with Crippen molar-refractivity contribution in [2.24, 2.45) is 7.05 Å². The number of carboxylic acids is 1. The fourth-order valence-corrected chi connectivity index (χ4v) is 1.51. The molecule has 0 saturated carbocycles. The zero-order valence-corrected chi connectivity index (χ0v) is 9.51. The fraction of sp³-hybridized carbons (Fsp3) is 0.0909. The van der Waals surface area contributed by atoms with Gasteiger partial charge in [-0.2, -0.15) is 5.10 Å². The van der Waals surface area contributed by atoms with E-state index in [1.54, 1.807) is 7.05 Å². The summed E-state index contributed by atoms with van der Waals surface area (Å²) in [5.74, 6) is -1.41. The number of rotatable bonds is 3. The highest BCUT2D eigenvalue weighted by Crippen LogP contribution is 2.24. The standard InChI is InChI=1S/C11H11FN4O2/c1-16-5-7(11(17)18)10(15-16)14-9-3-2-6(12)4-8(9)13/h2-5H,13H2,1H3,(H,14,15)(H,17,18). The van der Waals surface area contributed by atoms with Crippen LogP contribution < -0.4 is 11.1 Å². The fourth-order valence-electron chi connectivity index (χ4n) is 1.51. The van der Waals surface area contributed by atoms with Gasteiger partial charge in [0, 0.05) is 13.2 Å². The van der Waals surface area contributed by atoms with Crippen molar-refractivity contribution in [1.29, 1.82) is 0 Å². The van der Waals surface area contributed by atoms with Crippen molar-refractivity contribution in [2.45, 2.75) is 0 Å². The molecule has 0 amide bonds. The highest BCUT2D eigenvalue weighted by atomic mass is 19.1. The SMILES string of the molecule is Cn1cc(C(=O)O)c(Nc2ccc(F)cc2N)n1. The minimum Gasteiger partial charge on any atom is -0.477 e. The third-order valence-corrected chi connectivity index (χ3v) is 2.33. The number of nitrogens with zero attached hydrogens (tertiary/aromatic N) is 2. The van der Waals surface area contributed by atoms with Crippen LogP contribution in [0, 0.1) is 5.82 Å². The Morgan fingerprint density at radius 2 is 2.28 bits per heavy atom. The number of benzene rings is 1. The smallest absolute Gasteiger partial charge is 0.341 e. The Morgan fingerprint density at radius 3 is 2.89 bits per heavy atom. The summed E-state index contributed by atoms with van der Waals surface area (Å²) >= 11 is 0. The van der Waals surface area contributed by atoms with Gasteiger partial charge in [-0.05, 0) is 18.2 Å². The highest BCUT2D eigenvalue weighted by Gasteiger charge is 2.15. The van der Waals surface area contributed by atoms with Gasteiger partial charge in [0.05, 0.1) is 11.4 Å². The van der Waals surface area contributed by atoms with Crippen LogP contribution in [0.15, 0.2) is 24.4 Å². The monoisotopic (exact) mass is 250 g/mol. The maximum Gasteiger partial charge on any atom is 0.341 e. The number of hydrogen-bond donors (Lipinski definition) is 3. The van der Waals surface area contributed by atoms with E-state index in [9.17, 15) is 9.18 Å². The number of halogens is 1. The molecule has 4 N–H and O–H groups in total. The predicted octanol–water partition coefficient (Wildman–Crippen LogP) is 1.58. The van der Waals surface area contributed by atoms with E-state index >= 15 is 0 Å². The van der Waals surface area contributed by atoms with Gasteiger partial charge >= 0.3 is 5.97 Å². The van der Waals surface area contributed by atoms with E-state index in [2.05, 4.69) is 10.4 Å². The van der Waals surface area contributed by atoms with Crippen LogP contribution in [0.2, 0.25) is 0 Å². The van der Waals surface area contributed by atoms with Gasteiger partial charge < -0.3 is 16.2 Å². The second kappa shape index (κ2) is 4.36. The largest absolute Gasteiger partial charge is 0.477 e. The number of aromatic nitrogens is 2. The van der Waals surface area contributed by atoms with E-state index in [1.807, 2.05) is 0 Å². The zero-order valence-electron chi connectivity index (χ0n) is 9.51. The molecule has 1 heterocycles. The van der Waals surface area contributed by atoms with Crippen molar-refractivity contribution in [3.05, 3.63) is 35.8 Å². The molecule has 2 aromatic rings. The number of anilines is 3. The van der Waals surface area contributed by atoms with Gasteiger partial charge in [0.1, 0.15) is 11.4 Å². The molecule has 6 nitrogen and oxygen atoms in total. The van der Waals surface area contributed by atoms with Crippen LogP contribution in [0.25, 0.3) is 0 Å². The number of carboxylic acid groups (broad SMARTS) is 1. The lowest BCUT2D eigenvalue weighted by atomic mass is 10.2. The van der Waals surface area contributed by atoms with Crippen LogP contribution in [0.3, 0.4) is 0 Å². The molecule has 0 spiro atoms. The van der Waals surface area contributed by atoms with E-state index in [1.165, 1.54) is 23.0 Å². The molecule has 1 aromatic carbocycles. The van der Waals surface area contributed by atoms with E-state index in [0.717, 1.165) is 6.07 Å². The topological polar surface area (TPSA) is 93.2 Å². The number of aryl methyl sites for hydroxylation is 1. The number of aromatic carboxylic acids is 1. The molecular weight excluding hydrogens is 239 g/mol. The molecule has 0 aliphatic rings. The van der Waals surface area contributed by atoms with Crippen molar-refractivity contribution in [3.8, 4) is 0 Å². The summed E-state index contributed by atoms with van der Waals surface area (Å²) in [5.41, 5.74) is 6.21. The van der Waals surface area contributed by atoms with Crippen molar-refractivity contribution >= 4 is 23.2 Å². The summed E-state index contributed by atoms with van der Waals surface area (Å²) in [7, 11) is 1.60. The molecule has 0 aliphatic heterocycles. The lowest BCUT2D eigenvalue weighted by molar-refractivity contribution is 0.0698. The van der Waals surface area contributed by atoms with Crippen molar-refractivity contribution in [3.63, 3.8) is 0 Å². The Balaban J connectivity index is 2.36. The lowest BCUT2D eigenvalue weighted by Crippen LogP contribution is -2.02. The number of nitrogens with two attached hydrogens (primary N) is 1. The van der Waals surface area contributed by atoms with Crippen LogP contribution in [0.5, 0.6) is 0 Å². The normalized spacial score (nSPS) is 10.3. The van der Waals surface area contributed by atoms with Gasteiger partial charge in [-0.1, -0.05) is 0 Å². The molecule has 0 fully saturated rings. The van der Waals surface area contributed by atoms with Crippen LogP contribution in [0.1, 0.15) is 10.4 Å². The van der Waals surface area contributed by atoms with Crippen LogP contribution in [-0.4, -0.2) is 20.9 Å². The molecule has 0 saturated heterocycles. The van der Waals surface area contributed by atoms with Gasteiger partial charge in [-0.15, -0.1) is 0 Å². The van der Waals surface area contributed by atoms with E-state index in [4.69, 9.17) is 10.8 Å². The summed E-state index contributed by atoms with van der Waals surface area (Å²) in [4.78, 5) is 11.0. The number of nitrogen functional groups attached to an aromatic ring is 1. The first-order chi connectivity index (χ1) is 8.47. The third-order valence-electron chi connectivity index (χ3n) is 2.33. The molecule has 18 heavy (non-hydrogen) atoms. The van der Waals surface area contributed by atoms with Crippen LogP contribution in [-0.2, 0) is 7.05 Å². The first kappa shape index (κ1) is 11.9. The highest BCUT2D eigenvalue weighted by molar-refractivity contribution is 5.94. The quantitative estimate of drug-likeness (QED) is 0.719. The maximum atomic E-state index is 12.9. The Labute approximate surface area is 102 Å². The Bertz CT molecular complexity index is 609. The Kier molecular flexibility index (Phi) is 2.88. The molecule has 7 heteroatoms. The molecule has 0 atom stereocenters. The molecule has 0 radical (unpaired) electrons. The van der Waals surface area contributed by atoms with Gasteiger partial charge in [0.2, 0.25) is 0 Å². The van der Waals surface area contributed by atoms with Crippen molar-refractivity contribution in [2.75, 3.05) is 11.1 Å². The Hall–Kier alpha value is -2.57. The molecule has 94 valence electrons. The zero-order chi connectivity index (χ0) is 13.3. The maximum absolute atomic E-state index is 12.9. The second-order valence-corrected chi connectivity index (χ2v) is 3.73. The summed E-state index contributed by atoms with van der Waals surface area (Å²) in [6.45, 7) is 0. The summed E-state index contributed by atoms with van der Waals surface area (Å²) in [6, 6.07) is 3.79. The van der Waals surface area contributed by atoms with Crippen molar-refractivity contribution < 1.29 is 14.3 Å². The lowest BCUT2D eigenvalue weighted by Gasteiger charge is -2.07. The number of carbonyl (C=O) groups is 1. The number of nitrogens with one attached hydrogen (secondary N) is 1. The van der Waals surface area contributed by atoms with Crippen molar-refractivity contribution in [1.82, 2.24) is 9.78 Å². The Morgan fingerprint density at radius 1 is 1.56 bits per heavy atom. The average molecular weight is 250 g/mol. The minimum atomic E-state index is -1.11. The predicted molar refractivity (Wildman–Crippen MR) is 64.3 cm³/mol. The third kappa shape index (κ3) is 2.24. The van der Waals surface area contributed by atoms with Gasteiger partial charge in [-0.3, -0.25) is 4.68 Å². The van der Waals surface area contributed by atoms with Gasteiger partial charge in [-0.25, -0.2) is 9.18 Å². The second-order valence-electron chi connectivity index (χ2n) is 3.73.